The second kappa shape index (κ2) is 6.05. The van der Waals surface area contributed by atoms with Gasteiger partial charge in [0.2, 0.25) is 0 Å². The predicted octanol–water partition coefficient (Wildman–Crippen LogP) is 1.28. The van der Waals surface area contributed by atoms with Crippen LogP contribution < -0.4 is 8.92 Å². The zero-order chi connectivity index (χ0) is 13.0. The number of rotatable bonds is 4. The van der Waals surface area contributed by atoms with Crippen LogP contribution in [0.15, 0.2) is 54.6 Å². The predicted molar refractivity (Wildman–Crippen MR) is 76.0 cm³/mol. The first-order valence-electron chi connectivity index (χ1n) is 5.88. The summed E-state index contributed by atoms with van der Waals surface area (Å²) in [5.41, 5.74) is 1.16. The molecule has 2 aromatic carbocycles. The number of hydrogen-bond acceptors (Lipinski definition) is 2. The fourth-order valence-corrected chi connectivity index (χ4v) is 4.41. The molecule has 0 aliphatic heterocycles. The van der Waals surface area contributed by atoms with Gasteiger partial charge in [-0.15, -0.1) is 0 Å². The molecule has 0 saturated carbocycles. The molecule has 0 fully saturated rings. The van der Waals surface area contributed by atoms with E-state index in [0.717, 1.165) is 21.0 Å². The second-order valence-electron chi connectivity index (χ2n) is 4.43. The normalized spacial score (nSPS) is 12.6. The Morgan fingerprint density at radius 1 is 0.944 bits per heavy atom. The summed E-state index contributed by atoms with van der Waals surface area (Å²) in [5.74, 6) is 0. The van der Waals surface area contributed by atoms with E-state index in [1.807, 2.05) is 62.6 Å². The molecule has 0 N–H and O–H groups in total. The molecule has 0 saturated heterocycles. The summed E-state index contributed by atoms with van der Waals surface area (Å²) in [6.07, 6.45) is 0. The van der Waals surface area contributed by atoms with Crippen LogP contribution in [0.25, 0.3) is 0 Å². The molecule has 18 heavy (non-hydrogen) atoms. The van der Waals surface area contributed by atoms with Crippen LogP contribution >= 0.6 is 0 Å². The Morgan fingerprint density at radius 3 is 2.22 bits per heavy atom. The van der Waals surface area contributed by atoms with E-state index in [0.29, 0.717) is 0 Å². The van der Waals surface area contributed by atoms with Crippen LogP contribution in [0.4, 0.5) is 0 Å². The van der Waals surface area contributed by atoms with Crippen molar-refractivity contribution < 1.29 is 3.83 Å². The molecule has 2 nitrogen and oxygen atoms in total. The van der Waals surface area contributed by atoms with Gasteiger partial charge in [-0.05, 0) is 0 Å². The topological polar surface area (TPSA) is 20.3 Å². The Morgan fingerprint density at radius 2 is 1.56 bits per heavy atom. The van der Waals surface area contributed by atoms with E-state index in [1.54, 1.807) is 0 Å². The van der Waals surface area contributed by atoms with Gasteiger partial charge in [-0.1, -0.05) is 0 Å². The van der Waals surface area contributed by atoms with Crippen molar-refractivity contribution in [1.29, 1.82) is 0 Å². The minimum atomic E-state index is -2.14. The molecule has 0 amide bonds. The molecule has 0 heterocycles. The van der Waals surface area contributed by atoms with Gasteiger partial charge in [0.15, 0.2) is 0 Å². The van der Waals surface area contributed by atoms with E-state index >= 15 is 0 Å². The van der Waals surface area contributed by atoms with Crippen molar-refractivity contribution in [3.63, 3.8) is 0 Å². The zero-order valence-corrected chi connectivity index (χ0v) is 12.4. The fraction of sp³-hybridized carbons (Fsp3) is 0.200. The molecule has 1 atom stereocenters. The third-order valence-corrected chi connectivity index (χ3v) is 5.76. The van der Waals surface area contributed by atoms with Crippen molar-refractivity contribution in [2.45, 2.75) is 6.54 Å². The monoisotopic (exact) mass is 307 g/mol. The Hall–Kier alpha value is -1.28. The molecular formula is C15H17NOSe. The van der Waals surface area contributed by atoms with Gasteiger partial charge in [0.05, 0.1) is 0 Å². The number of hydrogen-bond donors (Lipinski definition) is 0. The summed E-state index contributed by atoms with van der Waals surface area (Å²) in [4.78, 5) is 2.10. The minimum absolute atomic E-state index is 0.825. The van der Waals surface area contributed by atoms with Crippen LogP contribution in [0, 0.1) is 0 Å². The molecule has 2 rings (SSSR count). The molecule has 0 radical (unpaired) electrons. The molecule has 0 aliphatic rings. The number of benzene rings is 2. The van der Waals surface area contributed by atoms with E-state index in [4.69, 9.17) is 0 Å². The average Bonchev–Trinajstić information content (AvgIpc) is 2.39. The molecule has 3 heteroatoms. The Balaban J connectivity index is 2.36. The third kappa shape index (κ3) is 3.14. The molecule has 0 bridgehead atoms. The summed E-state index contributed by atoms with van der Waals surface area (Å²) in [7, 11) is 4.05. The van der Waals surface area contributed by atoms with Gasteiger partial charge in [-0.25, -0.2) is 0 Å². The Kier molecular flexibility index (Phi) is 4.43. The molecule has 0 aromatic heterocycles. The van der Waals surface area contributed by atoms with Crippen molar-refractivity contribution in [3.05, 3.63) is 60.2 Å². The van der Waals surface area contributed by atoms with E-state index in [-0.39, 0.29) is 0 Å². The van der Waals surface area contributed by atoms with Gasteiger partial charge in [0.25, 0.3) is 0 Å². The number of nitrogens with zero attached hydrogens (tertiary/aromatic N) is 1. The molecule has 94 valence electrons. The zero-order valence-electron chi connectivity index (χ0n) is 10.7. The standard InChI is InChI=1S/C15H17NOSe/c1-16(2)12-13-8-6-7-11-15(13)18(17)14-9-4-3-5-10-14/h3-11H,12H2,1-2H3. The Labute approximate surface area is 112 Å². The second-order valence-corrected chi connectivity index (χ2v) is 7.47. The van der Waals surface area contributed by atoms with Gasteiger partial charge in [0, 0.05) is 0 Å². The van der Waals surface area contributed by atoms with Gasteiger partial charge in [-0.2, -0.15) is 0 Å². The van der Waals surface area contributed by atoms with Crippen LogP contribution in [0.5, 0.6) is 0 Å². The van der Waals surface area contributed by atoms with Gasteiger partial charge < -0.3 is 0 Å². The quantitative estimate of drug-likeness (QED) is 0.793. The molecule has 0 spiro atoms. The first kappa shape index (κ1) is 13.2. The van der Waals surface area contributed by atoms with Gasteiger partial charge in [-0.3, -0.25) is 0 Å². The van der Waals surface area contributed by atoms with Gasteiger partial charge >= 0.3 is 112 Å². The van der Waals surface area contributed by atoms with Crippen molar-refractivity contribution in [3.8, 4) is 0 Å². The van der Waals surface area contributed by atoms with E-state index < -0.39 is 13.8 Å². The van der Waals surface area contributed by atoms with Crippen molar-refractivity contribution in [1.82, 2.24) is 4.90 Å². The van der Waals surface area contributed by atoms with Crippen LogP contribution in [-0.4, -0.2) is 32.8 Å². The van der Waals surface area contributed by atoms with Crippen LogP contribution in [0.1, 0.15) is 5.56 Å². The van der Waals surface area contributed by atoms with Crippen LogP contribution in [0.2, 0.25) is 0 Å². The van der Waals surface area contributed by atoms with Crippen LogP contribution in [0.3, 0.4) is 0 Å². The maximum absolute atomic E-state index is 12.6. The van der Waals surface area contributed by atoms with E-state index in [2.05, 4.69) is 11.0 Å². The maximum atomic E-state index is 12.6. The summed E-state index contributed by atoms with van der Waals surface area (Å²) in [6, 6.07) is 17.8. The van der Waals surface area contributed by atoms with Crippen molar-refractivity contribution in [2.75, 3.05) is 14.1 Å². The van der Waals surface area contributed by atoms with Crippen molar-refractivity contribution in [2.24, 2.45) is 0 Å². The average molecular weight is 306 g/mol. The summed E-state index contributed by atoms with van der Waals surface area (Å²) < 4.78 is 14.6. The summed E-state index contributed by atoms with van der Waals surface area (Å²) in [5, 5.41) is 0. The Bertz CT molecular complexity index is 537. The fourth-order valence-electron chi connectivity index (χ4n) is 1.83. The SMILES string of the molecule is CN(C)Cc1ccccc1[Se](=O)c1ccccc1. The summed E-state index contributed by atoms with van der Waals surface area (Å²) >= 11 is -2.14. The van der Waals surface area contributed by atoms with Crippen molar-refractivity contribution >= 4 is 22.8 Å². The summed E-state index contributed by atoms with van der Waals surface area (Å²) in [6.45, 7) is 0.825. The first-order chi connectivity index (χ1) is 8.68. The molecular weight excluding hydrogens is 289 g/mol. The molecule has 2 aromatic rings. The van der Waals surface area contributed by atoms with E-state index in [1.165, 1.54) is 0 Å². The molecule has 1 unspecified atom stereocenters. The van der Waals surface area contributed by atoms with E-state index in [9.17, 15) is 3.83 Å². The van der Waals surface area contributed by atoms with Gasteiger partial charge in [0.1, 0.15) is 0 Å². The van der Waals surface area contributed by atoms with Crippen LogP contribution in [-0.2, 0) is 10.4 Å². The third-order valence-electron chi connectivity index (χ3n) is 2.62. The first-order valence-corrected chi connectivity index (χ1v) is 8.29. The molecule has 0 aliphatic carbocycles.